The van der Waals surface area contributed by atoms with Gasteiger partial charge < -0.3 is 16.2 Å². The van der Waals surface area contributed by atoms with E-state index in [0.29, 0.717) is 6.42 Å². The summed E-state index contributed by atoms with van der Waals surface area (Å²) in [5.41, 5.74) is 7.02. The van der Waals surface area contributed by atoms with Crippen LogP contribution in [0.5, 0.6) is 5.75 Å². The number of anilines is 1. The van der Waals surface area contributed by atoms with Crippen molar-refractivity contribution in [2.24, 2.45) is 5.73 Å². The van der Waals surface area contributed by atoms with Crippen LogP contribution in [0.25, 0.3) is 0 Å². The number of aromatic nitrogens is 1. The minimum absolute atomic E-state index is 0.0480. The monoisotopic (exact) mass is 271 g/mol. The van der Waals surface area contributed by atoms with Crippen molar-refractivity contribution in [3.05, 3.63) is 54.2 Å². The molecule has 1 amide bonds. The third-order valence-corrected chi connectivity index (χ3v) is 2.95. The first kappa shape index (κ1) is 14.0. The lowest BCUT2D eigenvalue weighted by molar-refractivity contribution is -0.116. The van der Waals surface area contributed by atoms with Gasteiger partial charge >= 0.3 is 0 Å². The van der Waals surface area contributed by atoms with Crippen molar-refractivity contribution < 1.29 is 9.90 Å². The van der Waals surface area contributed by atoms with E-state index in [2.05, 4.69) is 10.3 Å². The largest absolute Gasteiger partial charge is 0.504 e. The Morgan fingerprint density at radius 3 is 2.70 bits per heavy atom. The standard InChI is InChI=1S/C15H17N3O2/c16-12(11-5-2-1-3-6-11)8-9-14(20)18-15-13(19)7-4-10-17-15/h1-7,10,12,19H,8-9,16H2,(H,17,18,20). The normalized spacial score (nSPS) is 11.8. The maximum absolute atomic E-state index is 11.8. The summed E-state index contributed by atoms with van der Waals surface area (Å²) in [4.78, 5) is 15.7. The van der Waals surface area contributed by atoms with Gasteiger partial charge in [-0.2, -0.15) is 0 Å². The van der Waals surface area contributed by atoms with Crippen LogP contribution in [0.4, 0.5) is 5.82 Å². The second kappa shape index (κ2) is 6.68. The third-order valence-electron chi connectivity index (χ3n) is 2.95. The molecule has 1 unspecified atom stereocenters. The topological polar surface area (TPSA) is 88.2 Å². The predicted octanol–water partition coefficient (Wildman–Crippen LogP) is 2.21. The number of pyridine rings is 1. The Morgan fingerprint density at radius 2 is 2.00 bits per heavy atom. The lowest BCUT2D eigenvalue weighted by atomic mass is 10.0. The lowest BCUT2D eigenvalue weighted by Crippen LogP contribution is -2.17. The van der Waals surface area contributed by atoms with Gasteiger partial charge in [-0.05, 0) is 24.1 Å². The molecule has 0 aliphatic carbocycles. The fourth-order valence-electron chi connectivity index (χ4n) is 1.84. The second-order valence-electron chi connectivity index (χ2n) is 4.48. The number of amides is 1. The van der Waals surface area contributed by atoms with Crippen LogP contribution < -0.4 is 11.1 Å². The van der Waals surface area contributed by atoms with Gasteiger partial charge in [-0.3, -0.25) is 4.79 Å². The Balaban J connectivity index is 1.85. The molecule has 4 N–H and O–H groups in total. The summed E-state index contributed by atoms with van der Waals surface area (Å²) in [5, 5.41) is 12.1. The molecule has 0 fully saturated rings. The van der Waals surface area contributed by atoms with Gasteiger partial charge in [0.2, 0.25) is 5.91 Å². The summed E-state index contributed by atoms with van der Waals surface area (Å²) in [7, 11) is 0. The highest BCUT2D eigenvalue weighted by atomic mass is 16.3. The number of nitrogens with zero attached hydrogens (tertiary/aromatic N) is 1. The maximum Gasteiger partial charge on any atom is 0.225 e. The fraction of sp³-hybridized carbons (Fsp3) is 0.200. The second-order valence-corrected chi connectivity index (χ2v) is 4.48. The molecular formula is C15H17N3O2. The van der Waals surface area contributed by atoms with Crippen molar-refractivity contribution >= 4 is 11.7 Å². The van der Waals surface area contributed by atoms with Crippen molar-refractivity contribution in [3.8, 4) is 5.75 Å². The molecule has 0 bridgehead atoms. The zero-order valence-electron chi connectivity index (χ0n) is 11.0. The molecule has 0 aliphatic rings. The number of nitrogens with one attached hydrogen (secondary N) is 1. The van der Waals surface area contributed by atoms with Gasteiger partial charge in [-0.1, -0.05) is 30.3 Å². The summed E-state index contributed by atoms with van der Waals surface area (Å²) >= 11 is 0. The molecule has 0 radical (unpaired) electrons. The van der Waals surface area contributed by atoms with Crippen LogP contribution in [0.3, 0.4) is 0 Å². The van der Waals surface area contributed by atoms with Gasteiger partial charge in [-0.25, -0.2) is 4.98 Å². The van der Waals surface area contributed by atoms with E-state index < -0.39 is 0 Å². The number of carbonyl (C=O) groups excluding carboxylic acids is 1. The molecule has 20 heavy (non-hydrogen) atoms. The van der Waals surface area contributed by atoms with E-state index in [1.165, 1.54) is 12.3 Å². The molecule has 104 valence electrons. The van der Waals surface area contributed by atoms with Gasteiger partial charge in [0.1, 0.15) is 0 Å². The highest BCUT2D eigenvalue weighted by Crippen LogP contribution is 2.20. The van der Waals surface area contributed by atoms with E-state index in [0.717, 1.165) is 5.56 Å². The molecule has 0 saturated carbocycles. The van der Waals surface area contributed by atoms with Crippen LogP contribution in [-0.4, -0.2) is 16.0 Å². The summed E-state index contributed by atoms with van der Waals surface area (Å²) in [5.74, 6) is -0.0932. The number of hydrogen-bond acceptors (Lipinski definition) is 4. The minimum Gasteiger partial charge on any atom is -0.504 e. The van der Waals surface area contributed by atoms with E-state index in [1.807, 2.05) is 30.3 Å². The highest BCUT2D eigenvalue weighted by Gasteiger charge is 2.11. The molecule has 5 heteroatoms. The number of aromatic hydroxyl groups is 1. The van der Waals surface area contributed by atoms with Gasteiger partial charge in [0.25, 0.3) is 0 Å². The Morgan fingerprint density at radius 1 is 1.25 bits per heavy atom. The smallest absolute Gasteiger partial charge is 0.225 e. The number of nitrogens with two attached hydrogens (primary N) is 1. The zero-order valence-corrected chi connectivity index (χ0v) is 11.0. The van der Waals surface area contributed by atoms with Crippen molar-refractivity contribution in [1.82, 2.24) is 4.98 Å². The first-order chi connectivity index (χ1) is 9.66. The fourth-order valence-corrected chi connectivity index (χ4v) is 1.84. The Kier molecular flexibility index (Phi) is 4.68. The van der Waals surface area contributed by atoms with Crippen molar-refractivity contribution in [2.45, 2.75) is 18.9 Å². The number of hydrogen-bond donors (Lipinski definition) is 3. The van der Waals surface area contributed by atoms with Crippen molar-refractivity contribution in [2.75, 3.05) is 5.32 Å². The molecule has 1 atom stereocenters. The van der Waals surface area contributed by atoms with Crippen LogP contribution in [0, 0.1) is 0 Å². The summed E-state index contributed by atoms with van der Waals surface area (Å²) < 4.78 is 0. The van der Waals surface area contributed by atoms with E-state index in [4.69, 9.17) is 5.73 Å². The Labute approximate surface area is 117 Å². The predicted molar refractivity (Wildman–Crippen MR) is 77.1 cm³/mol. The van der Waals surface area contributed by atoms with E-state index >= 15 is 0 Å². The number of benzene rings is 1. The third kappa shape index (κ3) is 3.80. The van der Waals surface area contributed by atoms with Crippen molar-refractivity contribution in [1.29, 1.82) is 0 Å². The molecule has 2 rings (SSSR count). The average Bonchev–Trinajstić information content (AvgIpc) is 2.48. The Bertz CT molecular complexity index is 572. The molecule has 0 saturated heterocycles. The summed E-state index contributed by atoms with van der Waals surface area (Å²) in [6.07, 6.45) is 2.31. The molecular weight excluding hydrogens is 254 g/mol. The van der Waals surface area contributed by atoms with Crippen LogP contribution in [0.15, 0.2) is 48.7 Å². The first-order valence-corrected chi connectivity index (χ1v) is 6.41. The molecule has 5 nitrogen and oxygen atoms in total. The Hall–Kier alpha value is -2.40. The van der Waals surface area contributed by atoms with E-state index in [-0.39, 0.29) is 29.9 Å². The maximum atomic E-state index is 11.8. The molecule has 1 aromatic carbocycles. The molecule has 0 spiro atoms. The quantitative estimate of drug-likeness (QED) is 0.778. The van der Waals surface area contributed by atoms with Gasteiger partial charge in [0, 0.05) is 18.7 Å². The van der Waals surface area contributed by atoms with E-state index in [9.17, 15) is 9.90 Å². The van der Waals surface area contributed by atoms with E-state index in [1.54, 1.807) is 6.07 Å². The minimum atomic E-state index is -0.217. The lowest BCUT2D eigenvalue weighted by Gasteiger charge is -2.11. The molecule has 1 aromatic heterocycles. The first-order valence-electron chi connectivity index (χ1n) is 6.41. The zero-order chi connectivity index (χ0) is 14.4. The van der Waals surface area contributed by atoms with Gasteiger partial charge in [-0.15, -0.1) is 0 Å². The molecule has 1 heterocycles. The van der Waals surface area contributed by atoms with Crippen LogP contribution in [0.2, 0.25) is 0 Å². The van der Waals surface area contributed by atoms with Crippen LogP contribution in [0.1, 0.15) is 24.4 Å². The summed E-state index contributed by atoms with van der Waals surface area (Å²) in [6, 6.07) is 12.5. The highest BCUT2D eigenvalue weighted by molar-refractivity contribution is 5.90. The van der Waals surface area contributed by atoms with Crippen molar-refractivity contribution in [3.63, 3.8) is 0 Å². The van der Waals surface area contributed by atoms with Crippen LogP contribution >= 0.6 is 0 Å². The van der Waals surface area contributed by atoms with Crippen LogP contribution in [-0.2, 0) is 4.79 Å². The number of carbonyl (C=O) groups is 1. The van der Waals surface area contributed by atoms with Gasteiger partial charge in [0.15, 0.2) is 11.6 Å². The SMILES string of the molecule is NC(CCC(=O)Nc1ncccc1O)c1ccccc1. The summed E-state index contributed by atoms with van der Waals surface area (Å²) in [6.45, 7) is 0. The average molecular weight is 271 g/mol. The van der Waals surface area contributed by atoms with Gasteiger partial charge in [0.05, 0.1) is 0 Å². The molecule has 0 aliphatic heterocycles. The number of rotatable bonds is 5. The molecule has 2 aromatic rings.